The first-order valence-corrected chi connectivity index (χ1v) is 5.18. The van der Waals surface area contributed by atoms with E-state index in [1.165, 1.54) is 12.7 Å². The molecule has 0 fully saturated rings. The third kappa shape index (κ3) is 2.80. The number of nitrogen functional groups attached to an aromatic ring is 1. The van der Waals surface area contributed by atoms with Crippen LogP contribution in [0.5, 0.6) is 0 Å². The number of nitrogens with zero attached hydrogens (tertiary/aromatic N) is 3. The largest absolute Gasteiger partial charge is 0.391 e. The summed E-state index contributed by atoms with van der Waals surface area (Å²) in [7, 11) is 0. The van der Waals surface area contributed by atoms with Gasteiger partial charge in [-0.3, -0.25) is 9.89 Å². The van der Waals surface area contributed by atoms with Crippen LogP contribution in [0.1, 0.15) is 12.2 Å². The van der Waals surface area contributed by atoms with Gasteiger partial charge in [-0.25, -0.2) is 9.97 Å². The average Bonchev–Trinajstić information content (AvgIpc) is 2.83. The minimum absolute atomic E-state index is 0.104. The molecule has 0 spiro atoms. The Balaban J connectivity index is 1.82. The zero-order valence-electron chi connectivity index (χ0n) is 9.10. The fraction of sp³-hybridized carbons (Fsp3) is 0.333. The lowest BCUT2D eigenvalue weighted by molar-refractivity contribution is 0.803. The summed E-state index contributed by atoms with van der Waals surface area (Å²) in [4.78, 5) is 21.5. The van der Waals surface area contributed by atoms with Crippen molar-refractivity contribution < 1.29 is 0 Å². The second-order valence-electron chi connectivity index (χ2n) is 3.46. The summed E-state index contributed by atoms with van der Waals surface area (Å²) in [6.45, 7) is 0.654. The van der Waals surface area contributed by atoms with Gasteiger partial charge in [-0.2, -0.15) is 5.10 Å². The van der Waals surface area contributed by atoms with Crippen molar-refractivity contribution in [3.63, 3.8) is 0 Å². The van der Waals surface area contributed by atoms with Gasteiger partial charge in [-0.15, -0.1) is 0 Å². The number of hydrogen-bond donors (Lipinski definition) is 4. The van der Waals surface area contributed by atoms with E-state index in [4.69, 9.17) is 5.73 Å². The van der Waals surface area contributed by atoms with Crippen molar-refractivity contribution in [2.45, 2.75) is 12.8 Å². The molecule has 5 N–H and O–H groups in total. The highest BCUT2D eigenvalue weighted by atomic mass is 16.1. The molecule has 0 bridgehead atoms. The van der Waals surface area contributed by atoms with Gasteiger partial charge in [0.15, 0.2) is 5.82 Å². The maximum atomic E-state index is 11.2. The van der Waals surface area contributed by atoms with E-state index >= 15 is 0 Å². The van der Waals surface area contributed by atoms with Crippen molar-refractivity contribution >= 4 is 11.5 Å². The molecule has 0 aliphatic rings. The van der Waals surface area contributed by atoms with Gasteiger partial charge < -0.3 is 16.0 Å². The predicted molar refractivity (Wildman–Crippen MR) is 62.5 cm³/mol. The molecule has 90 valence electrons. The van der Waals surface area contributed by atoms with Gasteiger partial charge in [0.25, 0.3) is 5.56 Å². The molecule has 0 unspecified atom stereocenters. The van der Waals surface area contributed by atoms with Crippen LogP contribution < -0.4 is 16.6 Å². The molecule has 0 saturated heterocycles. The maximum Gasteiger partial charge on any atom is 0.276 e. The smallest absolute Gasteiger partial charge is 0.276 e. The average molecular weight is 235 g/mol. The predicted octanol–water partition coefficient (Wildman–Crippen LogP) is -0.485. The highest BCUT2D eigenvalue weighted by molar-refractivity contribution is 5.58. The topological polar surface area (TPSA) is 125 Å². The van der Waals surface area contributed by atoms with Crippen LogP contribution in [0.4, 0.5) is 11.5 Å². The Morgan fingerprint density at radius 2 is 2.29 bits per heavy atom. The monoisotopic (exact) mass is 235 g/mol. The second-order valence-corrected chi connectivity index (χ2v) is 3.46. The lowest BCUT2D eigenvalue weighted by Crippen LogP contribution is -2.16. The first kappa shape index (κ1) is 11.1. The summed E-state index contributed by atoms with van der Waals surface area (Å²) in [6.07, 6.45) is 4.40. The molecule has 0 aromatic carbocycles. The molecule has 0 aliphatic carbocycles. The number of H-pyrrole nitrogens is 2. The van der Waals surface area contributed by atoms with Crippen LogP contribution in [-0.2, 0) is 6.42 Å². The van der Waals surface area contributed by atoms with Gasteiger partial charge in [-0.05, 0) is 6.42 Å². The minimum atomic E-state index is -0.335. The van der Waals surface area contributed by atoms with E-state index in [2.05, 4.69) is 30.5 Å². The van der Waals surface area contributed by atoms with Gasteiger partial charge in [0.1, 0.15) is 17.8 Å². The lowest BCUT2D eigenvalue weighted by atomic mass is 10.3. The summed E-state index contributed by atoms with van der Waals surface area (Å²) in [6, 6.07) is 0. The Morgan fingerprint density at radius 3 is 3.06 bits per heavy atom. The van der Waals surface area contributed by atoms with E-state index in [-0.39, 0.29) is 11.2 Å². The third-order valence-electron chi connectivity index (χ3n) is 2.24. The van der Waals surface area contributed by atoms with Gasteiger partial charge in [0, 0.05) is 13.0 Å². The van der Waals surface area contributed by atoms with Crippen LogP contribution in [0.2, 0.25) is 0 Å². The Bertz CT molecular complexity index is 518. The molecule has 0 saturated carbocycles. The van der Waals surface area contributed by atoms with Gasteiger partial charge in [-0.1, -0.05) is 0 Å². The molecule has 2 heterocycles. The molecule has 2 rings (SSSR count). The zero-order valence-corrected chi connectivity index (χ0v) is 9.10. The number of aromatic amines is 2. The van der Waals surface area contributed by atoms with Crippen molar-refractivity contribution in [3.8, 4) is 0 Å². The van der Waals surface area contributed by atoms with Crippen LogP contribution >= 0.6 is 0 Å². The number of nitrogens with one attached hydrogen (secondary N) is 3. The molecular formula is C9H13N7O. The molecule has 0 radical (unpaired) electrons. The highest BCUT2D eigenvalue weighted by Gasteiger charge is 2.03. The van der Waals surface area contributed by atoms with E-state index in [1.54, 1.807) is 0 Å². The van der Waals surface area contributed by atoms with Crippen molar-refractivity contribution in [2.24, 2.45) is 0 Å². The SMILES string of the molecule is Nc1c(NCCCc2ncn[nH]2)nc[nH]c1=O. The van der Waals surface area contributed by atoms with Crippen molar-refractivity contribution in [2.75, 3.05) is 17.6 Å². The van der Waals surface area contributed by atoms with Crippen molar-refractivity contribution in [3.05, 3.63) is 28.8 Å². The van der Waals surface area contributed by atoms with E-state index < -0.39 is 0 Å². The number of nitrogens with two attached hydrogens (primary N) is 1. The Hall–Kier alpha value is -2.38. The number of aryl methyl sites for hydroxylation is 1. The minimum Gasteiger partial charge on any atom is -0.391 e. The normalized spacial score (nSPS) is 10.4. The molecule has 0 atom stereocenters. The molecule has 17 heavy (non-hydrogen) atoms. The van der Waals surface area contributed by atoms with Crippen LogP contribution in [0.3, 0.4) is 0 Å². The quantitative estimate of drug-likeness (QED) is 0.518. The molecular weight excluding hydrogens is 222 g/mol. The van der Waals surface area contributed by atoms with Crippen molar-refractivity contribution in [1.29, 1.82) is 0 Å². The summed E-state index contributed by atoms with van der Waals surface area (Å²) in [5.74, 6) is 1.24. The van der Waals surface area contributed by atoms with Crippen LogP contribution in [-0.4, -0.2) is 31.7 Å². The van der Waals surface area contributed by atoms with Gasteiger partial charge >= 0.3 is 0 Å². The molecule has 8 nitrogen and oxygen atoms in total. The summed E-state index contributed by atoms with van der Waals surface area (Å²) in [5.41, 5.74) is 5.33. The standard InChI is InChI=1S/C9H13N7O/c10-7-8(13-4-14-9(7)17)11-3-1-2-6-12-5-15-16-6/h4-5H,1-3,10H2,(H,12,15,16)(H2,11,13,14,17). The molecule has 0 aliphatic heterocycles. The zero-order chi connectivity index (χ0) is 12.1. The van der Waals surface area contributed by atoms with Gasteiger partial charge in [0.2, 0.25) is 0 Å². The first-order valence-electron chi connectivity index (χ1n) is 5.18. The molecule has 2 aromatic heterocycles. The molecule has 0 amide bonds. The molecule has 2 aromatic rings. The molecule has 8 heteroatoms. The van der Waals surface area contributed by atoms with Crippen LogP contribution in [0, 0.1) is 0 Å². The van der Waals surface area contributed by atoms with Crippen LogP contribution in [0.15, 0.2) is 17.4 Å². The maximum absolute atomic E-state index is 11.2. The summed E-state index contributed by atoms with van der Waals surface area (Å²) in [5, 5.41) is 9.52. The summed E-state index contributed by atoms with van der Waals surface area (Å²) < 4.78 is 0. The van der Waals surface area contributed by atoms with Crippen molar-refractivity contribution in [1.82, 2.24) is 25.1 Å². The Labute approximate surface area is 96.7 Å². The fourth-order valence-corrected chi connectivity index (χ4v) is 1.37. The lowest BCUT2D eigenvalue weighted by Gasteiger charge is -2.05. The number of rotatable bonds is 5. The second kappa shape index (κ2) is 5.10. The number of aromatic nitrogens is 5. The van der Waals surface area contributed by atoms with E-state index in [0.29, 0.717) is 12.4 Å². The van der Waals surface area contributed by atoms with E-state index in [0.717, 1.165) is 18.7 Å². The number of anilines is 2. The van der Waals surface area contributed by atoms with Gasteiger partial charge in [0.05, 0.1) is 6.33 Å². The van der Waals surface area contributed by atoms with Crippen LogP contribution in [0.25, 0.3) is 0 Å². The fourth-order valence-electron chi connectivity index (χ4n) is 1.37. The van der Waals surface area contributed by atoms with E-state index in [9.17, 15) is 4.79 Å². The summed E-state index contributed by atoms with van der Waals surface area (Å²) >= 11 is 0. The van der Waals surface area contributed by atoms with E-state index in [1.807, 2.05) is 0 Å². The Kier molecular flexibility index (Phi) is 3.34. The highest BCUT2D eigenvalue weighted by Crippen LogP contribution is 2.07. The number of hydrogen-bond acceptors (Lipinski definition) is 6. The first-order chi connectivity index (χ1) is 8.27. The Morgan fingerprint density at radius 1 is 1.41 bits per heavy atom. The third-order valence-corrected chi connectivity index (χ3v) is 2.24.